The summed E-state index contributed by atoms with van der Waals surface area (Å²) in [6.07, 6.45) is 3.51. The third-order valence-corrected chi connectivity index (χ3v) is 7.72. The molecule has 0 radical (unpaired) electrons. The predicted octanol–water partition coefficient (Wildman–Crippen LogP) is 5.39. The molecule has 0 aliphatic carbocycles. The molecule has 8 nitrogen and oxygen atoms in total. The van der Waals surface area contributed by atoms with Gasteiger partial charge in [-0.05, 0) is 45.0 Å². The van der Waals surface area contributed by atoms with E-state index >= 15 is 0 Å². The number of imidazole rings is 1. The van der Waals surface area contributed by atoms with E-state index in [1.807, 2.05) is 69.5 Å². The maximum atomic E-state index is 13.4. The van der Waals surface area contributed by atoms with Gasteiger partial charge in [-0.3, -0.25) is 14.2 Å². The van der Waals surface area contributed by atoms with E-state index < -0.39 is 10.8 Å². The van der Waals surface area contributed by atoms with Gasteiger partial charge in [0.2, 0.25) is 5.16 Å². The molecule has 0 aliphatic heterocycles. The van der Waals surface area contributed by atoms with E-state index in [1.54, 1.807) is 19.5 Å². The Balaban J connectivity index is 1.85. The molecule has 0 amide bonds. The molecule has 180 valence electrons. The van der Waals surface area contributed by atoms with Crippen molar-refractivity contribution >= 4 is 32.7 Å². The smallest absolute Gasteiger partial charge is 0.201 e. The van der Waals surface area contributed by atoms with E-state index in [-0.39, 0.29) is 11.3 Å². The average Bonchev–Trinajstić information content (AvgIpc) is 3.42. The van der Waals surface area contributed by atoms with Crippen molar-refractivity contribution in [3.63, 3.8) is 0 Å². The second-order valence-corrected chi connectivity index (χ2v) is 10.7. The van der Waals surface area contributed by atoms with E-state index in [0.717, 1.165) is 38.9 Å². The van der Waals surface area contributed by atoms with Gasteiger partial charge in [0.1, 0.15) is 17.0 Å². The summed E-state index contributed by atoms with van der Waals surface area (Å²) in [7, 11) is 0.328. The van der Waals surface area contributed by atoms with Gasteiger partial charge in [0.25, 0.3) is 0 Å². The Bertz CT molecular complexity index is 1550. The molecule has 0 saturated heterocycles. The molecule has 0 aliphatic rings. The first kappa shape index (κ1) is 23.2. The molecule has 0 N–H and O–H groups in total. The molecule has 0 fully saturated rings. The topological polar surface area (TPSA) is 95.9 Å². The van der Waals surface area contributed by atoms with Gasteiger partial charge >= 0.3 is 0 Å². The first-order chi connectivity index (χ1) is 16.8. The summed E-state index contributed by atoms with van der Waals surface area (Å²) in [5.74, 6) is 1.38. The zero-order chi connectivity index (χ0) is 24.9. The number of fused-ring (bicyclic) bond motifs is 3. The normalized spacial score (nSPS) is 13.6. The van der Waals surface area contributed by atoms with Gasteiger partial charge in [-0.2, -0.15) is 0 Å². The lowest BCUT2D eigenvalue weighted by Gasteiger charge is -2.19. The third kappa shape index (κ3) is 3.80. The first-order valence-corrected chi connectivity index (χ1v) is 12.7. The summed E-state index contributed by atoms with van der Waals surface area (Å²) in [4.78, 5) is 14.1. The van der Waals surface area contributed by atoms with Crippen molar-refractivity contribution in [1.29, 1.82) is 0 Å². The van der Waals surface area contributed by atoms with Crippen LogP contribution in [0.25, 0.3) is 33.1 Å². The molecule has 0 spiro atoms. The zero-order valence-corrected chi connectivity index (χ0v) is 21.4. The van der Waals surface area contributed by atoms with Crippen LogP contribution in [0.1, 0.15) is 44.0 Å². The van der Waals surface area contributed by atoms with Crippen LogP contribution in [0, 0.1) is 13.8 Å². The molecule has 4 heterocycles. The Kier molecular flexibility index (Phi) is 5.88. The van der Waals surface area contributed by atoms with Crippen molar-refractivity contribution in [3.8, 4) is 16.9 Å². The summed E-state index contributed by atoms with van der Waals surface area (Å²) < 4.78 is 26.6. The van der Waals surface area contributed by atoms with Crippen molar-refractivity contribution in [3.05, 3.63) is 59.9 Å². The molecule has 1 unspecified atom stereocenters. The largest absolute Gasteiger partial charge is 0.496 e. The van der Waals surface area contributed by atoms with Crippen LogP contribution in [-0.4, -0.2) is 41.2 Å². The van der Waals surface area contributed by atoms with E-state index in [1.165, 1.54) is 0 Å². The summed E-state index contributed by atoms with van der Waals surface area (Å²) in [5.41, 5.74) is 5.69. The zero-order valence-electron chi connectivity index (χ0n) is 20.6. The Morgan fingerprint density at radius 2 is 1.89 bits per heavy atom. The fraction of sp³-hybridized carbons (Fsp3) is 0.308. The molecule has 5 rings (SSSR count). The quantitative estimate of drug-likeness (QED) is 0.316. The number of benzene rings is 1. The van der Waals surface area contributed by atoms with Gasteiger partial charge in [0, 0.05) is 22.4 Å². The number of nitrogens with zero attached hydrogens (tertiary/aromatic N) is 5. The maximum Gasteiger partial charge on any atom is 0.201 e. The van der Waals surface area contributed by atoms with Crippen molar-refractivity contribution < 1.29 is 13.5 Å². The lowest BCUT2D eigenvalue weighted by molar-refractivity contribution is 0.393. The number of ether oxygens (including phenoxy) is 1. The summed E-state index contributed by atoms with van der Waals surface area (Å²) >= 11 is 0. The fourth-order valence-electron chi connectivity index (χ4n) is 4.48. The van der Waals surface area contributed by atoms with Gasteiger partial charge in [0.05, 0.1) is 58.1 Å². The summed E-state index contributed by atoms with van der Waals surface area (Å²) in [6.45, 7) is 9.70. The van der Waals surface area contributed by atoms with Crippen LogP contribution >= 0.6 is 0 Å². The van der Waals surface area contributed by atoms with Crippen LogP contribution in [0.3, 0.4) is 0 Å². The van der Waals surface area contributed by atoms with Crippen LogP contribution in [-0.2, 0) is 10.8 Å². The van der Waals surface area contributed by atoms with Crippen molar-refractivity contribution in [2.75, 3.05) is 7.11 Å². The van der Waals surface area contributed by atoms with E-state index in [9.17, 15) is 4.21 Å². The standard InChI is InChI=1S/C26H27N5O3S/c1-14(2)35(32)26-29-22-13-28-21-11-19(24-15(3)30-34-17(24)5)23(33-6)12-18(21)25(22)31(26)16(4)20-9-7-8-10-27-20/h7-14,16H,1-6H3/t16-,35?/m1/s1. The second kappa shape index (κ2) is 8.88. The Morgan fingerprint density at radius 3 is 2.51 bits per heavy atom. The number of hydrogen-bond donors (Lipinski definition) is 0. The third-order valence-electron chi connectivity index (χ3n) is 6.22. The van der Waals surface area contributed by atoms with Gasteiger partial charge in [-0.1, -0.05) is 25.1 Å². The van der Waals surface area contributed by atoms with Crippen LogP contribution in [0.4, 0.5) is 0 Å². The molecular weight excluding hydrogens is 462 g/mol. The van der Waals surface area contributed by atoms with Gasteiger partial charge < -0.3 is 13.8 Å². The second-order valence-electron chi connectivity index (χ2n) is 8.80. The predicted molar refractivity (Wildman–Crippen MR) is 136 cm³/mol. The minimum absolute atomic E-state index is 0.0959. The SMILES string of the molecule is COc1cc2c(cc1-c1c(C)noc1C)ncc1nc(S(=O)C(C)C)n([C@H](C)c3ccccn3)c12. The summed E-state index contributed by atoms with van der Waals surface area (Å²) in [5, 5.41) is 5.38. The maximum absolute atomic E-state index is 13.4. The number of aromatic nitrogens is 5. The highest BCUT2D eigenvalue weighted by molar-refractivity contribution is 7.85. The molecular formula is C26H27N5O3S. The molecule has 0 saturated carbocycles. The molecule has 2 atom stereocenters. The molecule has 9 heteroatoms. The minimum Gasteiger partial charge on any atom is -0.496 e. The van der Waals surface area contributed by atoms with E-state index in [2.05, 4.69) is 10.1 Å². The molecule has 35 heavy (non-hydrogen) atoms. The number of hydrogen-bond acceptors (Lipinski definition) is 7. The molecule has 0 bridgehead atoms. The van der Waals surface area contributed by atoms with Crippen LogP contribution in [0.5, 0.6) is 5.75 Å². The average molecular weight is 490 g/mol. The van der Waals surface area contributed by atoms with E-state index in [0.29, 0.717) is 22.2 Å². The number of methoxy groups -OCH3 is 1. The van der Waals surface area contributed by atoms with Crippen LogP contribution < -0.4 is 4.74 Å². The van der Waals surface area contributed by atoms with Crippen molar-refractivity contribution in [2.24, 2.45) is 0 Å². The number of pyridine rings is 2. The van der Waals surface area contributed by atoms with Gasteiger partial charge in [-0.15, -0.1) is 0 Å². The Labute approximate surface area is 205 Å². The Hall–Kier alpha value is -3.59. The van der Waals surface area contributed by atoms with Crippen LogP contribution in [0.2, 0.25) is 0 Å². The summed E-state index contributed by atoms with van der Waals surface area (Å²) in [6, 6.07) is 9.57. The molecule has 5 aromatic rings. The van der Waals surface area contributed by atoms with Gasteiger partial charge in [-0.25, -0.2) is 4.98 Å². The number of aryl methyl sites for hydroxylation is 2. The lowest BCUT2D eigenvalue weighted by Crippen LogP contribution is -2.17. The van der Waals surface area contributed by atoms with Crippen molar-refractivity contribution in [2.45, 2.75) is 51.1 Å². The van der Waals surface area contributed by atoms with Crippen LogP contribution in [0.15, 0.2) is 52.4 Å². The number of rotatable bonds is 6. The van der Waals surface area contributed by atoms with E-state index in [4.69, 9.17) is 19.2 Å². The highest BCUT2D eigenvalue weighted by Crippen LogP contribution is 2.40. The minimum atomic E-state index is -1.31. The fourth-order valence-corrected chi connectivity index (χ4v) is 5.53. The molecule has 1 aromatic carbocycles. The highest BCUT2D eigenvalue weighted by Gasteiger charge is 2.26. The molecule has 4 aromatic heterocycles. The highest BCUT2D eigenvalue weighted by atomic mass is 32.2. The lowest BCUT2D eigenvalue weighted by atomic mass is 10.0. The monoisotopic (exact) mass is 489 g/mol. The first-order valence-electron chi connectivity index (χ1n) is 11.4. The van der Waals surface area contributed by atoms with Gasteiger partial charge in [0.15, 0.2) is 0 Å². The van der Waals surface area contributed by atoms with Crippen molar-refractivity contribution in [1.82, 2.24) is 24.7 Å². The Morgan fingerprint density at radius 1 is 1.09 bits per heavy atom.